The minimum Gasteiger partial charge on any atom is -0.350 e. The number of hydrogen-bond donors (Lipinski definition) is 2. The van der Waals surface area contributed by atoms with Crippen molar-refractivity contribution in [2.75, 3.05) is 19.6 Å². The van der Waals surface area contributed by atoms with E-state index in [1.54, 1.807) is 0 Å². The molecule has 0 atom stereocenters. The monoisotopic (exact) mass is 238 g/mol. The molecule has 0 aromatic carbocycles. The number of hydrazine groups is 1. The zero-order valence-corrected chi connectivity index (χ0v) is 9.76. The summed E-state index contributed by atoms with van der Waals surface area (Å²) in [6, 6.07) is -1.19. The zero-order chi connectivity index (χ0) is 13.3. The van der Waals surface area contributed by atoms with Gasteiger partial charge in [-0.2, -0.15) is 0 Å². The molecule has 0 aliphatic heterocycles. The lowest BCUT2D eigenvalue weighted by molar-refractivity contribution is 0.0692. The smallest absolute Gasteiger partial charge is 0.336 e. The van der Waals surface area contributed by atoms with Gasteiger partial charge in [-0.25, -0.2) is 19.6 Å². The van der Waals surface area contributed by atoms with Crippen LogP contribution in [0.5, 0.6) is 0 Å². The van der Waals surface area contributed by atoms with E-state index in [0.717, 1.165) is 10.0 Å². The predicted molar refractivity (Wildman–Crippen MR) is 67.0 cm³/mol. The summed E-state index contributed by atoms with van der Waals surface area (Å²) in [5.41, 5.74) is 5.18. The van der Waals surface area contributed by atoms with Gasteiger partial charge in [0.2, 0.25) is 0 Å². The van der Waals surface area contributed by atoms with E-state index in [1.807, 2.05) is 0 Å². The van der Waals surface area contributed by atoms with Crippen LogP contribution in [0.25, 0.3) is 0 Å². The molecular formula is C11H18N4O2. The number of urea groups is 2. The molecule has 0 aromatic rings. The number of carbonyl (C=O) groups is 2. The van der Waals surface area contributed by atoms with Gasteiger partial charge in [-0.1, -0.05) is 18.2 Å². The zero-order valence-electron chi connectivity index (χ0n) is 9.76. The summed E-state index contributed by atoms with van der Waals surface area (Å²) in [7, 11) is 0. The van der Waals surface area contributed by atoms with E-state index >= 15 is 0 Å². The predicted octanol–water partition coefficient (Wildman–Crippen LogP) is 0.852. The Hall–Kier alpha value is -2.24. The summed E-state index contributed by atoms with van der Waals surface area (Å²) in [6.45, 7) is 11.1. The van der Waals surface area contributed by atoms with Crippen molar-refractivity contribution in [2.45, 2.75) is 0 Å². The van der Waals surface area contributed by atoms with Crippen molar-refractivity contribution in [3.8, 4) is 0 Å². The Balaban J connectivity index is 4.81. The van der Waals surface area contributed by atoms with Crippen LogP contribution < -0.4 is 11.1 Å². The number of primary amides is 1. The second kappa shape index (κ2) is 7.98. The van der Waals surface area contributed by atoms with Crippen molar-refractivity contribution < 1.29 is 9.59 Å². The molecule has 4 amide bonds. The molecule has 6 nitrogen and oxygen atoms in total. The van der Waals surface area contributed by atoms with Crippen molar-refractivity contribution >= 4 is 12.1 Å². The van der Waals surface area contributed by atoms with E-state index in [-0.39, 0.29) is 13.1 Å². The fourth-order valence-corrected chi connectivity index (χ4v) is 1.09. The Morgan fingerprint density at radius 3 is 2.00 bits per heavy atom. The summed E-state index contributed by atoms with van der Waals surface area (Å²) < 4.78 is 0. The standard InChI is InChI=1S/C11H18N4O2/c1-4-7-13-11(17)15(9-6-3)14(8-5-2)10(12)16/h4-6H,1-3,7-9H2,(H2,12,16)(H,13,17). The number of rotatable bonds is 6. The second-order valence-electron chi connectivity index (χ2n) is 3.05. The van der Waals surface area contributed by atoms with Gasteiger partial charge in [0.25, 0.3) is 0 Å². The van der Waals surface area contributed by atoms with Crippen LogP contribution in [0.3, 0.4) is 0 Å². The first-order chi connectivity index (χ1) is 8.08. The molecule has 0 aliphatic carbocycles. The van der Waals surface area contributed by atoms with Gasteiger partial charge in [0.1, 0.15) is 0 Å². The van der Waals surface area contributed by atoms with Gasteiger partial charge in [-0.05, 0) is 0 Å². The lowest BCUT2D eigenvalue weighted by Crippen LogP contribution is -2.55. The van der Waals surface area contributed by atoms with E-state index in [1.165, 1.54) is 18.2 Å². The fourth-order valence-electron chi connectivity index (χ4n) is 1.09. The molecule has 0 aliphatic rings. The average Bonchev–Trinajstić information content (AvgIpc) is 2.30. The van der Waals surface area contributed by atoms with Gasteiger partial charge in [0, 0.05) is 6.54 Å². The average molecular weight is 238 g/mol. The summed E-state index contributed by atoms with van der Waals surface area (Å²) in [5.74, 6) is 0. The van der Waals surface area contributed by atoms with E-state index in [0.29, 0.717) is 6.54 Å². The van der Waals surface area contributed by atoms with Crippen molar-refractivity contribution in [3.05, 3.63) is 38.0 Å². The van der Waals surface area contributed by atoms with Crippen molar-refractivity contribution in [2.24, 2.45) is 5.73 Å². The van der Waals surface area contributed by atoms with Gasteiger partial charge in [-0.3, -0.25) is 0 Å². The summed E-state index contributed by atoms with van der Waals surface area (Å²) in [6.07, 6.45) is 4.50. The topological polar surface area (TPSA) is 78.7 Å². The van der Waals surface area contributed by atoms with Crippen LogP contribution in [-0.4, -0.2) is 41.7 Å². The van der Waals surface area contributed by atoms with Crippen LogP contribution in [0.2, 0.25) is 0 Å². The maximum absolute atomic E-state index is 11.7. The normalized spacial score (nSPS) is 8.94. The molecule has 6 heteroatoms. The summed E-state index contributed by atoms with van der Waals surface area (Å²) in [4.78, 5) is 23.0. The molecule has 0 bridgehead atoms. The Morgan fingerprint density at radius 2 is 1.59 bits per heavy atom. The quantitative estimate of drug-likeness (QED) is 0.531. The summed E-state index contributed by atoms with van der Waals surface area (Å²) in [5, 5.41) is 4.78. The highest BCUT2D eigenvalue weighted by atomic mass is 16.2. The van der Waals surface area contributed by atoms with Gasteiger partial charge in [0.15, 0.2) is 0 Å². The fraction of sp³-hybridized carbons (Fsp3) is 0.273. The van der Waals surface area contributed by atoms with Crippen molar-refractivity contribution in [3.63, 3.8) is 0 Å². The van der Waals surface area contributed by atoms with Gasteiger partial charge >= 0.3 is 12.1 Å². The Kier molecular flexibility index (Phi) is 6.92. The third kappa shape index (κ3) is 4.87. The lowest BCUT2D eigenvalue weighted by Gasteiger charge is -2.31. The first-order valence-electron chi connectivity index (χ1n) is 5.03. The van der Waals surface area contributed by atoms with E-state index < -0.39 is 12.1 Å². The summed E-state index contributed by atoms with van der Waals surface area (Å²) >= 11 is 0. The Morgan fingerprint density at radius 1 is 1.06 bits per heavy atom. The van der Waals surface area contributed by atoms with Gasteiger partial charge in [-0.15, -0.1) is 19.7 Å². The SMILES string of the molecule is C=CCNC(=O)N(CC=C)N(CC=C)C(N)=O. The molecule has 3 N–H and O–H groups in total. The van der Waals surface area contributed by atoms with E-state index in [9.17, 15) is 9.59 Å². The molecule has 0 saturated heterocycles. The van der Waals surface area contributed by atoms with Crippen LogP contribution in [0.15, 0.2) is 38.0 Å². The Labute approximate surface area is 101 Å². The molecule has 0 spiro atoms. The molecule has 0 saturated carbocycles. The van der Waals surface area contributed by atoms with Crippen LogP contribution in [0.4, 0.5) is 9.59 Å². The number of nitrogens with two attached hydrogens (primary N) is 1. The largest absolute Gasteiger partial charge is 0.350 e. The minimum atomic E-state index is -0.736. The molecular weight excluding hydrogens is 220 g/mol. The first-order valence-corrected chi connectivity index (χ1v) is 5.03. The van der Waals surface area contributed by atoms with E-state index in [2.05, 4.69) is 25.1 Å². The van der Waals surface area contributed by atoms with Crippen molar-refractivity contribution in [1.29, 1.82) is 0 Å². The minimum absolute atomic E-state index is 0.144. The number of nitrogens with zero attached hydrogens (tertiary/aromatic N) is 2. The number of amides is 4. The van der Waals surface area contributed by atoms with Gasteiger partial charge < -0.3 is 11.1 Å². The Bertz CT molecular complexity index is 315. The third-order valence-corrected chi connectivity index (χ3v) is 1.78. The third-order valence-electron chi connectivity index (χ3n) is 1.78. The lowest BCUT2D eigenvalue weighted by atomic mass is 10.5. The number of carbonyl (C=O) groups excluding carboxylic acids is 2. The van der Waals surface area contributed by atoms with Crippen molar-refractivity contribution in [1.82, 2.24) is 15.3 Å². The molecule has 0 heterocycles. The van der Waals surface area contributed by atoms with Gasteiger partial charge in [0.05, 0.1) is 13.1 Å². The van der Waals surface area contributed by atoms with Crippen LogP contribution >= 0.6 is 0 Å². The molecule has 0 rings (SSSR count). The number of nitrogens with one attached hydrogen (secondary N) is 1. The molecule has 17 heavy (non-hydrogen) atoms. The highest BCUT2D eigenvalue weighted by Gasteiger charge is 2.21. The highest BCUT2D eigenvalue weighted by Crippen LogP contribution is 2.00. The maximum Gasteiger partial charge on any atom is 0.336 e. The van der Waals surface area contributed by atoms with Crippen LogP contribution in [0.1, 0.15) is 0 Å². The maximum atomic E-state index is 11.7. The molecule has 0 unspecified atom stereocenters. The first kappa shape index (κ1) is 14.8. The molecule has 0 fully saturated rings. The molecule has 0 radical (unpaired) electrons. The highest BCUT2D eigenvalue weighted by molar-refractivity contribution is 5.79. The molecule has 94 valence electrons. The molecule has 0 aromatic heterocycles. The van der Waals surface area contributed by atoms with E-state index in [4.69, 9.17) is 5.73 Å². The number of hydrogen-bond acceptors (Lipinski definition) is 2. The van der Waals surface area contributed by atoms with Crippen LogP contribution in [0, 0.1) is 0 Å². The van der Waals surface area contributed by atoms with Crippen LogP contribution in [-0.2, 0) is 0 Å². The second-order valence-corrected chi connectivity index (χ2v) is 3.05.